The second-order valence-corrected chi connectivity index (χ2v) is 8.53. The molecule has 0 radical (unpaired) electrons. The van der Waals surface area contributed by atoms with Crippen LogP contribution in [0.25, 0.3) is 0 Å². The van der Waals surface area contributed by atoms with Gasteiger partial charge in [-0.2, -0.15) is 0 Å². The molecular formula is C22H29N3O2S. The smallest absolute Gasteiger partial charge is 0.254 e. The summed E-state index contributed by atoms with van der Waals surface area (Å²) < 4.78 is 5.33. The number of amides is 1. The van der Waals surface area contributed by atoms with E-state index in [1.54, 1.807) is 0 Å². The fraction of sp³-hybridized carbons (Fsp3) is 0.500. The zero-order valence-electron chi connectivity index (χ0n) is 16.3. The molecule has 0 spiro atoms. The maximum atomic E-state index is 12.6. The molecule has 2 saturated heterocycles. The number of thiophene rings is 1. The molecule has 0 bridgehead atoms. The van der Waals surface area contributed by atoms with Gasteiger partial charge in [0.1, 0.15) is 0 Å². The molecule has 1 amide bonds. The van der Waals surface area contributed by atoms with E-state index in [1.165, 1.54) is 23.4 Å². The summed E-state index contributed by atoms with van der Waals surface area (Å²) in [4.78, 5) is 18.3. The number of benzene rings is 1. The molecule has 2 fully saturated rings. The molecule has 2 aliphatic heterocycles. The Kier molecular flexibility index (Phi) is 6.62. The first-order chi connectivity index (χ1) is 13.8. The molecule has 0 aliphatic carbocycles. The van der Waals surface area contributed by atoms with Crippen molar-refractivity contribution in [3.8, 4) is 0 Å². The van der Waals surface area contributed by atoms with Crippen LogP contribution in [-0.2, 0) is 11.2 Å². The highest BCUT2D eigenvalue weighted by molar-refractivity contribution is 7.09. The zero-order valence-corrected chi connectivity index (χ0v) is 17.1. The Labute approximate surface area is 171 Å². The molecular weight excluding hydrogens is 370 g/mol. The number of carbonyl (C=O) groups excluding carboxylic acids is 1. The van der Waals surface area contributed by atoms with E-state index in [2.05, 4.69) is 39.9 Å². The summed E-state index contributed by atoms with van der Waals surface area (Å²) in [7, 11) is 0. The van der Waals surface area contributed by atoms with E-state index >= 15 is 0 Å². The van der Waals surface area contributed by atoms with E-state index in [0.717, 1.165) is 31.6 Å². The second kappa shape index (κ2) is 9.54. The minimum absolute atomic E-state index is 0.114. The summed E-state index contributed by atoms with van der Waals surface area (Å²) in [6.07, 6.45) is 3.45. The highest BCUT2D eigenvalue weighted by atomic mass is 32.1. The van der Waals surface area contributed by atoms with Crippen molar-refractivity contribution >= 4 is 22.9 Å². The number of anilines is 1. The number of hydrogen-bond acceptors (Lipinski definition) is 5. The summed E-state index contributed by atoms with van der Waals surface area (Å²) in [5.74, 6) is 0.114. The van der Waals surface area contributed by atoms with Gasteiger partial charge in [0, 0.05) is 54.9 Å². The predicted molar refractivity (Wildman–Crippen MR) is 114 cm³/mol. The van der Waals surface area contributed by atoms with E-state index in [4.69, 9.17) is 4.74 Å². The first-order valence-electron chi connectivity index (χ1n) is 10.3. The van der Waals surface area contributed by atoms with Crippen molar-refractivity contribution in [1.29, 1.82) is 0 Å². The van der Waals surface area contributed by atoms with Crippen LogP contribution in [0.2, 0.25) is 0 Å². The van der Waals surface area contributed by atoms with Gasteiger partial charge in [0.15, 0.2) is 0 Å². The number of nitrogens with zero attached hydrogens (tertiary/aromatic N) is 2. The van der Waals surface area contributed by atoms with E-state index in [9.17, 15) is 4.79 Å². The van der Waals surface area contributed by atoms with Crippen molar-refractivity contribution in [2.75, 3.05) is 50.8 Å². The number of morpholine rings is 1. The predicted octanol–water partition coefficient (Wildman–Crippen LogP) is 3.02. The van der Waals surface area contributed by atoms with E-state index in [1.807, 2.05) is 28.4 Å². The molecule has 0 atom stereocenters. The van der Waals surface area contributed by atoms with E-state index in [-0.39, 0.29) is 5.91 Å². The van der Waals surface area contributed by atoms with Gasteiger partial charge in [-0.3, -0.25) is 4.79 Å². The first kappa shape index (κ1) is 19.4. The molecule has 0 saturated carbocycles. The highest BCUT2D eigenvalue weighted by Crippen LogP contribution is 2.21. The molecule has 28 heavy (non-hydrogen) atoms. The molecule has 150 valence electrons. The minimum atomic E-state index is 0.114. The standard InChI is InChI=1S/C22H29N3O2S/c26-22(25-13-15-27-16-14-25)18-3-5-20(6-4-18)24-11-8-19(9-12-24)23-10-7-21-2-1-17-28-21/h1-6,17,19,23H,7-16H2. The molecule has 6 heteroatoms. The van der Waals surface area contributed by atoms with Crippen LogP contribution in [0.3, 0.4) is 0 Å². The summed E-state index contributed by atoms with van der Waals surface area (Å²) in [5, 5.41) is 5.86. The van der Waals surface area contributed by atoms with Crippen LogP contribution in [-0.4, -0.2) is 62.8 Å². The number of ether oxygens (including phenoxy) is 1. The third-order valence-electron chi connectivity index (χ3n) is 5.66. The van der Waals surface area contributed by atoms with Crippen molar-refractivity contribution < 1.29 is 9.53 Å². The Morgan fingerprint density at radius 1 is 1.07 bits per heavy atom. The third-order valence-corrected chi connectivity index (χ3v) is 6.59. The fourth-order valence-corrected chi connectivity index (χ4v) is 4.67. The number of nitrogens with one attached hydrogen (secondary N) is 1. The van der Waals surface area contributed by atoms with Crippen LogP contribution in [0.1, 0.15) is 28.1 Å². The molecule has 1 N–H and O–H groups in total. The molecule has 3 heterocycles. The van der Waals surface area contributed by atoms with Crippen molar-refractivity contribution in [2.45, 2.75) is 25.3 Å². The molecule has 2 aliphatic rings. The van der Waals surface area contributed by atoms with Gasteiger partial charge < -0.3 is 19.9 Å². The van der Waals surface area contributed by atoms with Crippen molar-refractivity contribution in [2.24, 2.45) is 0 Å². The molecule has 4 rings (SSSR count). The largest absolute Gasteiger partial charge is 0.378 e. The Hall–Kier alpha value is -1.89. The lowest BCUT2D eigenvalue weighted by Crippen LogP contribution is -2.43. The number of hydrogen-bond donors (Lipinski definition) is 1. The number of piperidine rings is 1. The summed E-state index contributed by atoms with van der Waals surface area (Å²) in [5.41, 5.74) is 1.99. The average Bonchev–Trinajstić information content (AvgIpc) is 3.28. The van der Waals surface area contributed by atoms with Crippen LogP contribution in [0, 0.1) is 0 Å². The molecule has 1 aromatic carbocycles. The second-order valence-electron chi connectivity index (χ2n) is 7.50. The van der Waals surface area contributed by atoms with Gasteiger partial charge in [-0.05, 0) is 55.0 Å². The topological polar surface area (TPSA) is 44.8 Å². The van der Waals surface area contributed by atoms with Crippen molar-refractivity contribution in [1.82, 2.24) is 10.2 Å². The van der Waals surface area contributed by atoms with E-state index in [0.29, 0.717) is 32.3 Å². The summed E-state index contributed by atoms with van der Waals surface area (Å²) >= 11 is 1.84. The lowest BCUT2D eigenvalue weighted by molar-refractivity contribution is 0.0303. The van der Waals surface area contributed by atoms with Gasteiger partial charge in [-0.25, -0.2) is 0 Å². The van der Waals surface area contributed by atoms with Crippen LogP contribution < -0.4 is 10.2 Å². The quantitative estimate of drug-likeness (QED) is 0.811. The highest BCUT2D eigenvalue weighted by Gasteiger charge is 2.21. The summed E-state index contributed by atoms with van der Waals surface area (Å²) in [6, 6.07) is 13.1. The Morgan fingerprint density at radius 2 is 1.82 bits per heavy atom. The third kappa shape index (κ3) is 4.93. The normalized spacial score (nSPS) is 18.4. The minimum Gasteiger partial charge on any atom is -0.378 e. The van der Waals surface area contributed by atoms with E-state index < -0.39 is 0 Å². The van der Waals surface area contributed by atoms with Gasteiger partial charge in [-0.1, -0.05) is 6.07 Å². The van der Waals surface area contributed by atoms with Crippen LogP contribution >= 0.6 is 11.3 Å². The van der Waals surface area contributed by atoms with Crippen LogP contribution in [0.15, 0.2) is 41.8 Å². The maximum Gasteiger partial charge on any atom is 0.254 e. The maximum absolute atomic E-state index is 12.6. The Morgan fingerprint density at radius 3 is 2.50 bits per heavy atom. The molecule has 2 aromatic rings. The van der Waals surface area contributed by atoms with Crippen molar-refractivity contribution in [3.63, 3.8) is 0 Å². The Balaban J connectivity index is 1.23. The number of rotatable bonds is 6. The van der Waals surface area contributed by atoms with Crippen LogP contribution in [0.4, 0.5) is 5.69 Å². The van der Waals surface area contributed by atoms with Crippen LogP contribution in [0.5, 0.6) is 0 Å². The fourth-order valence-electron chi connectivity index (χ4n) is 3.96. The lowest BCUT2D eigenvalue weighted by atomic mass is 10.0. The monoisotopic (exact) mass is 399 g/mol. The Bertz CT molecular complexity index is 734. The lowest BCUT2D eigenvalue weighted by Gasteiger charge is -2.34. The molecule has 0 unspecified atom stereocenters. The molecule has 1 aromatic heterocycles. The van der Waals surface area contributed by atoms with Gasteiger partial charge in [0.05, 0.1) is 13.2 Å². The van der Waals surface area contributed by atoms with Crippen molar-refractivity contribution in [3.05, 3.63) is 52.2 Å². The SMILES string of the molecule is O=C(c1ccc(N2CCC(NCCc3cccs3)CC2)cc1)N1CCOCC1. The zero-order chi connectivity index (χ0) is 19.2. The number of carbonyl (C=O) groups is 1. The first-order valence-corrected chi connectivity index (χ1v) is 11.2. The van der Waals surface area contributed by atoms with Gasteiger partial charge in [-0.15, -0.1) is 11.3 Å². The molecule has 5 nitrogen and oxygen atoms in total. The van der Waals surface area contributed by atoms with Gasteiger partial charge in [0.2, 0.25) is 0 Å². The van der Waals surface area contributed by atoms with Gasteiger partial charge in [0.25, 0.3) is 5.91 Å². The summed E-state index contributed by atoms with van der Waals surface area (Å²) in [6.45, 7) is 5.84. The van der Waals surface area contributed by atoms with Gasteiger partial charge >= 0.3 is 0 Å². The average molecular weight is 400 g/mol.